The summed E-state index contributed by atoms with van der Waals surface area (Å²) in [5.74, 6) is -0.980. The van der Waals surface area contributed by atoms with Crippen molar-refractivity contribution in [1.82, 2.24) is 10.3 Å². The van der Waals surface area contributed by atoms with Crippen LogP contribution in [0.25, 0.3) is 10.2 Å². The first-order chi connectivity index (χ1) is 9.60. The number of carbonyl (C=O) groups is 2. The van der Waals surface area contributed by atoms with Crippen LogP contribution in [-0.4, -0.2) is 28.6 Å². The zero-order chi connectivity index (χ0) is 14.5. The number of hydrogen-bond donors (Lipinski definition) is 3. The average molecular weight is 293 g/mol. The highest BCUT2D eigenvalue weighted by molar-refractivity contribution is 7.22. The van der Waals surface area contributed by atoms with Crippen molar-refractivity contribution in [3.63, 3.8) is 0 Å². The van der Waals surface area contributed by atoms with Gasteiger partial charge in [0.15, 0.2) is 5.13 Å². The summed E-state index contributed by atoms with van der Waals surface area (Å²) in [4.78, 5) is 26.7. The number of amides is 2. The molecule has 0 aliphatic heterocycles. The number of nitrogens with zero attached hydrogens (tertiary/aromatic N) is 1. The maximum Gasteiger partial charge on any atom is 0.335 e. The summed E-state index contributed by atoms with van der Waals surface area (Å²) in [7, 11) is 0. The zero-order valence-electron chi connectivity index (χ0n) is 11.0. The van der Waals surface area contributed by atoms with E-state index in [2.05, 4.69) is 15.6 Å². The summed E-state index contributed by atoms with van der Waals surface area (Å²) in [6, 6.07) is 4.39. The van der Waals surface area contributed by atoms with E-state index in [-0.39, 0.29) is 11.6 Å². The number of urea groups is 1. The van der Waals surface area contributed by atoms with Gasteiger partial charge in [-0.15, -0.1) is 0 Å². The Hall–Kier alpha value is -2.15. The molecule has 0 bridgehead atoms. The lowest BCUT2D eigenvalue weighted by Crippen LogP contribution is -2.29. The minimum absolute atomic E-state index is 0.208. The van der Waals surface area contributed by atoms with Crippen molar-refractivity contribution in [3.05, 3.63) is 23.8 Å². The average Bonchev–Trinajstić information content (AvgIpc) is 2.79. The van der Waals surface area contributed by atoms with Crippen LogP contribution < -0.4 is 10.6 Å². The highest BCUT2D eigenvalue weighted by atomic mass is 32.1. The highest BCUT2D eigenvalue weighted by Gasteiger charge is 2.10. The molecule has 1 aromatic carbocycles. The molecule has 1 aromatic heterocycles. The predicted molar refractivity (Wildman–Crippen MR) is 78.5 cm³/mol. The largest absolute Gasteiger partial charge is 0.478 e. The maximum atomic E-state index is 11.6. The fourth-order valence-electron chi connectivity index (χ4n) is 1.63. The second kappa shape index (κ2) is 6.33. The second-order valence-electron chi connectivity index (χ2n) is 4.24. The van der Waals surface area contributed by atoms with Crippen LogP contribution in [0.1, 0.15) is 30.1 Å². The number of carboxylic acids is 1. The number of unbranched alkanes of at least 4 members (excludes halogenated alkanes) is 1. The number of fused-ring (bicyclic) bond motifs is 1. The molecule has 0 radical (unpaired) electrons. The smallest absolute Gasteiger partial charge is 0.335 e. The Morgan fingerprint density at radius 2 is 2.20 bits per heavy atom. The van der Waals surface area contributed by atoms with Crippen LogP contribution >= 0.6 is 11.3 Å². The lowest BCUT2D eigenvalue weighted by atomic mass is 10.2. The topological polar surface area (TPSA) is 91.3 Å². The quantitative estimate of drug-likeness (QED) is 0.739. The zero-order valence-corrected chi connectivity index (χ0v) is 11.8. The maximum absolute atomic E-state index is 11.6. The van der Waals surface area contributed by atoms with Crippen LogP contribution in [-0.2, 0) is 0 Å². The van der Waals surface area contributed by atoms with Crippen LogP contribution in [0.5, 0.6) is 0 Å². The molecule has 0 unspecified atom stereocenters. The molecule has 0 spiro atoms. The molecule has 1 heterocycles. The Bertz CT molecular complexity index is 639. The van der Waals surface area contributed by atoms with Gasteiger partial charge in [0.05, 0.1) is 15.8 Å². The van der Waals surface area contributed by atoms with Gasteiger partial charge in [0.25, 0.3) is 0 Å². The Kier molecular flexibility index (Phi) is 4.52. The Labute approximate surface area is 119 Å². The van der Waals surface area contributed by atoms with Crippen LogP contribution in [0.2, 0.25) is 0 Å². The van der Waals surface area contributed by atoms with Gasteiger partial charge >= 0.3 is 12.0 Å². The first-order valence-electron chi connectivity index (χ1n) is 6.29. The standard InChI is InChI=1S/C13H15N3O3S/c1-2-3-6-14-12(19)16-13-15-9-5-4-8(11(17)18)7-10(9)20-13/h4-5,7H,2-3,6H2,1H3,(H,17,18)(H2,14,15,16,19). The van der Waals surface area contributed by atoms with Crippen molar-refractivity contribution in [2.75, 3.05) is 11.9 Å². The number of rotatable bonds is 5. The van der Waals surface area contributed by atoms with E-state index in [4.69, 9.17) is 5.11 Å². The van der Waals surface area contributed by atoms with E-state index < -0.39 is 5.97 Å². The minimum Gasteiger partial charge on any atom is -0.478 e. The first kappa shape index (κ1) is 14.3. The van der Waals surface area contributed by atoms with Gasteiger partial charge in [-0.3, -0.25) is 5.32 Å². The van der Waals surface area contributed by atoms with E-state index in [1.807, 2.05) is 6.92 Å². The summed E-state index contributed by atoms with van der Waals surface area (Å²) >= 11 is 1.25. The minimum atomic E-state index is -0.980. The van der Waals surface area contributed by atoms with Gasteiger partial charge < -0.3 is 10.4 Å². The molecule has 0 aliphatic rings. The first-order valence-corrected chi connectivity index (χ1v) is 7.10. The number of anilines is 1. The summed E-state index contributed by atoms with van der Waals surface area (Å²) in [6.07, 6.45) is 1.94. The van der Waals surface area contributed by atoms with Crippen LogP contribution in [0.15, 0.2) is 18.2 Å². The van der Waals surface area contributed by atoms with Crippen molar-refractivity contribution in [2.45, 2.75) is 19.8 Å². The van der Waals surface area contributed by atoms with Crippen molar-refractivity contribution in [1.29, 1.82) is 0 Å². The molecule has 0 fully saturated rings. The molecule has 3 N–H and O–H groups in total. The number of aromatic nitrogens is 1. The predicted octanol–water partition coefficient (Wildman–Crippen LogP) is 2.92. The molecule has 0 saturated carbocycles. The number of aromatic carboxylic acids is 1. The number of nitrogens with one attached hydrogen (secondary N) is 2. The van der Waals surface area contributed by atoms with Crippen molar-refractivity contribution >= 4 is 38.7 Å². The van der Waals surface area contributed by atoms with E-state index in [1.54, 1.807) is 12.1 Å². The van der Waals surface area contributed by atoms with Gasteiger partial charge in [-0.05, 0) is 24.6 Å². The van der Waals surface area contributed by atoms with Gasteiger partial charge in [-0.25, -0.2) is 14.6 Å². The number of hydrogen-bond acceptors (Lipinski definition) is 4. The molecule has 7 heteroatoms. The molecular weight excluding hydrogens is 278 g/mol. The van der Waals surface area contributed by atoms with Crippen LogP contribution in [0.3, 0.4) is 0 Å². The Morgan fingerprint density at radius 1 is 1.40 bits per heavy atom. The summed E-state index contributed by atoms with van der Waals surface area (Å²) in [6.45, 7) is 2.67. The van der Waals surface area contributed by atoms with E-state index in [0.717, 1.165) is 17.5 Å². The summed E-state index contributed by atoms with van der Waals surface area (Å²) in [5, 5.41) is 14.8. The number of carboxylic acid groups (broad SMARTS) is 1. The number of thiazole rings is 1. The van der Waals surface area contributed by atoms with E-state index in [0.29, 0.717) is 17.2 Å². The third-order valence-electron chi connectivity index (χ3n) is 2.67. The third-order valence-corrected chi connectivity index (χ3v) is 3.61. The van der Waals surface area contributed by atoms with Gasteiger partial charge in [-0.1, -0.05) is 24.7 Å². The summed E-state index contributed by atoms with van der Waals surface area (Å²) in [5.41, 5.74) is 0.879. The van der Waals surface area contributed by atoms with Crippen LogP contribution in [0.4, 0.5) is 9.93 Å². The molecule has 106 valence electrons. The fourth-order valence-corrected chi connectivity index (χ4v) is 2.53. The van der Waals surface area contributed by atoms with Crippen molar-refractivity contribution < 1.29 is 14.7 Å². The molecule has 0 saturated heterocycles. The monoisotopic (exact) mass is 293 g/mol. The molecular formula is C13H15N3O3S. The number of benzene rings is 1. The fraction of sp³-hybridized carbons (Fsp3) is 0.308. The Balaban J connectivity index is 2.08. The lowest BCUT2D eigenvalue weighted by Gasteiger charge is -2.03. The van der Waals surface area contributed by atoms with Gasteiger partial charge in [-0.2, -0.15) is 0 Å². The molecule has 2 rings (SSSR count). The number of carbonyl (C=O) groups excluding carboxylic acids is 1. The van der Waals surface area contributed by atoms with Gasteiger partial charge in [0.1, 0.15) is 0 Å². The molecule has 0 atom stereocenters. The SMILES string of the molecule is CCCCNC(=O)Nc1nc2ccc(C(=O)O)cc2s1. The lowest BCUT2D eigenvalue weighted by molar-refractivity contribution is 0.0697. The Morgan fingerprint density at radius 3 is 2.90 bits per heavy atom. The van der Waals surface area contributed by atoms with Crippen LogP contribution in [0, 0.1) is 0 Å². The molecule has 6 nitrogen and oxygen atoms in total. The van der Waals surface area contributed by atoms with Crippen molar-refractivity contribution in [3.8, 4) is 0 Å². The second-order valence-corrected chi connectivity index (χ2v) is 5.27. The molecule has 2 amide bonds. The van der Waals surface area contributed by atoms with E-state index in [1.165, 1.54) is 17.4 Å². The summed E-state index contributed by atoms with van der Waals surface area (Å²) < 4.78 is 0.730. The van der Waals surface area contributed by atoms with E-state index >= 15 is 0 Å². The molecule has 0 aliphatic carbocycles. The molecule has 2 aromatic rings. The van der Waals surface area contributed by atoms with Crippen molar-refractivity contribution in [2.24, 2.45) is 0 Å². The van der Waals surface area contributed by atoms with E-state index in [9.17, 15) is 9.59 Å². The third kappa shape index (κ3) is 3.45. The van der Waals surface area contributed by atoms with Gasteiger partial charge in [0.2, 0.25) is 0 Å². The normalized spacial score (nSPS) is 10.4. The molecule has 20 heavy (non-hydrogen) atoms. The highest BCUT2D eigenvalue weighted by Crippen LogP contribution is 2.26. The van der Waals surface area contributed by atoms with Gasteiger partial charge in [0, 0.05) is 6.54 Å².